The van der Waals surface area contributed by atoms with Crippen LogP contribution in [0.25, 0.3) is 5.69 Å². The summed E-state index contributed by atoms with van der Waals surface area (Å²) < 4.78 is 48.2. The van der Waals surface area contributed by atoms with Crippen LogP contribution in [0.2, 0.25) is 0 Å². The Hall–Kier alpha value is -4.76. The van der Waals surface area contributed by atoms with E-state index in [9.17, 15) is 23.1 Å². The van der Waals surface area contributed by atoms with E-state index in [1.54, 1.807) is 54.6 Å². The quantitative estimate of drug-likeness (QED) is 0.181. The first kappa shape index (κ1) is 32.6. The minimum absolute atomic E-state index is 0.0300. The monoisotopic (exact) mass is 649 g/mol. The number of morpholine rings is 1. The molecule has 4 aromatic rings. The van der Waals surface area contributed by atoms with Crippen LogP contribution in [0.15, 0.2) is 77.7 Å². The van der Waals surface area contributed by atoms with Crippen LogP contribution in [0.1, 0.15) is 32.8 Å². The second kappa shape index (κ2) is 14.6. The van der Waals surface area contributed by atoms with Crippen LogP contribution in [0, 0.1) is 6.92 Å². The first-order valence-electron chi connectivity index (χ1n) is 14.6. The third kappa shape index (κ3) is 7.72. The minimum atomic E-state index is -4.18. The summed E-state index contributed by atoms with van der Waals surface area (Å²) in [6.45, 7) is 5.24. The summed E-state index contributed by atoms with van der Waals surface area (Å²) in [7, 11) is -2.66. The Balaban J connectivity index is 1.46. The number of hydrogen-bond donors (Lipinski definition) is 3. The standard InChI is InChI=1S/C32H35N5O8S/c1-22-29(32(39)40)35-37(25-7-4-3-5-8-25)31(22)45-27-14-11-24(34-30(38)23-9-12-26(43-2)13-10-23)21-28(27)46(41,42)33-15-6-16-36-17-19-44-20-18-36/h3-5,7-14,21,33H,6,15-20H2,1-2H3,(H,34,38)(H,39,40). The normalized spacial score (nSPS) is 13.7. The van der Waals surface area contributed by atoms with Crippen LogP contribution in [-0.2, 0) is 14.8 Å². The molecule has 0 atom stereocenters. The van der Waals surface area contributed by atoms with Crippen LogP contribution in [0.4, 0.5) is 5.69 Å². The number of aromatic carboxylic acids is 1. The molecule has 0 spiro atoms. The maximum atomic E-state index is 13.8. The molecule has 0 saturated carbocycles. The number of sulfonamides is 1. The number of rotatable bonds is 13. The lowest BCUT2D eigenvalue weighted by Crippen LogP contribution is -2.38. The summed E-state index contributed by atoms with van der Waals surface area (Å²) in [6, 6.07) is 19.4. The van der Waals surface area contributed by atoms with E-state index in [0.717, 1.165) is 13.1 Å². The summed E-state index contributed by atoms with van der Waals surface area (Å²) in [5, 5.41) is 16.7. The van der Waals surface area contributed by atoms with Crippen LogP contribution >= 0.6 is 0 Å². The van der Waals surface area contributed by atoms with Gasteiger partial charge in [-0.05, 0) is 74.5 Å². The molecule has 1 aromatic heterocycles. The third-order valence-electron chi connectivity index (χ3n) is 7.37. The van der Waals surface area contributed by atoms with Gasteiger partial charge in [0.25, 0.3) is 5.91 Å². The van der Waals surface area contributed by atoms with E-state index >= 15 is 0 Å². The van der Waals surface area contributed by atoms with Crippen molar-refractivity contribution in [1.82, 2.24) is 19.4 Å². The molecule has 0 unspecified atom stereocenters. The molecule has 13 nitrogen and oxygen atoms in total. The van der Waals surface area contributed by atoms with Crippen molar-refractivity contribution in [2.45, 2.75) is 18.2 Å². The van der Waals surface area contributed by atoms with Crippen LogP contribution in [-0.4, -0.2) is 86.6 Å². The molecule has 242 valence electrons. The second-order valence-corrected chi connectivity index (χ2v) is 12.2. The van der Waals surface area contributed by atoms with Gasteiger partial charge in [-0.25, -0.2) is 17.9 Å². The number of nitrogens with zero attached hydrogens (tertiary/aromatic N) is 3. The highest BCUT2D eigenvalue weighted by molar-refractivity contribution is 7.89. The second-order valence-electron chi connectivity index (χ2n) is 10.5. The maximum absolute atomic E-state index is 13.8. The number of para-hydroxylation sites is 1. The lowest BCUT2D eigenvalue weighted by molar-refractivity contribution is 0.0376. The lowest BCUT2D eigenvalue weighted by atomic mass is 10.2. The number of methoxy groups -OCH3 is 1. The number of nitrogens with one attached hydrogen (secondary N) is 2. The summed E-state index contributed by atoms with van der Waals surface area (Å²) in [5.74, 6) is -1.18. The minimum Gasteiger partial charge on any atom is -0.497 e. The molecule has 1 aliphatic rings. The fraction of sp³-hybridized carbons (Fsp3) is 0.281. The van der Waals surface area contributed by atoms with Crippen molar-refractivity contribution in [2.75, 3.05) is 51.8 Å². The highest BCUT2D eigenvalue weighted by Gasteiger charge is 2.26. The fourth-order valence-electron chi connectivity index (χ4n) is 4.89. The SMILES string of the molecule is COc1ccc(C(=O)Nc2ccc(Oc3c(C)c(C(=O)O)nn3-c3ccccc3)c(S(=O)(=O)NCCCN3CCOCC3)c2)cc1. The Labute approximate surface area is 266 Å². The van der Waals surface area contributed by atoms with E-state index in [1.807, 2.05) is 0 Å². The number of amides is 1. The third-order valence-corrected chi connectivity index (χ3v) is 8.85. The van der Waals surface area contributed by atoms with Crippen molar-refractivity contribution in [1.29, 1.82) is 0 Å². The number of ether oxygens (including phenoxy) is 3. The van der Waals surface area contributed by atoms with E-state index in [1.165, 1.54) is 36.9 Å². The highest BCUT2D eigenvalue weighted by Crippen LogP contribution is 2.35. The van der Waals surface area contributed by atoms with Gasteiger partial charge in [0.15, 0.2) is 5.69 Å². The topological polar surface area (TPSA) is 161 Å². The van der Waals surface area contributed by atoms with Crippen molar-refractivity contribution in [3.05, 3.63) is 89.6 Å². The Bertz CT molecular complexity index is 1790. The van der Waals surface area contributed by atoms with Crippen molar-refractivity contribution >= 4 is 27.6 Å². The molecule has 3 N–H and O–H groups in total. The van der Waals surface area contributed by atoms with Crippen molar-refractivity contribution in [2.24, 2.45) is 0 Å². The molecule has 1 amide bonds. The van der Waals surface area contributed by atoms with E-state index in [-0.39, 0.29) is 40.0 Å². The van der Waals surface area contributed by atoms with Crippen molar-refractivity contribution in [3.8, 4) is 23.1 Å². The number of carboxylic acid groups (broad SMARTS) is 1. The predicted molar refractivity (Wildman–Crippen MR) is 170 cm³/mol. The molecule has 0 aliphatic carbocycles. The number of benzene rings is 3. The molecule has 1 fully saturated rings. The zero-order chi connectivity index (χ0) is 32.7. The van der Waals surface area contributed by atoms with Gasteiger partial charge in [0.05, 0.1) is 26.0 Å². The maximum Gasteiger partial charge on any atom is 0.356 e. The average molecular weight is 650 g/mol. The average Bonchev–Trinajstić information content (AvgIpc) is 3.40. The molecule has 5 rings (SSSR count). The van der Waals surface area contributed by atoms with Gasteiger partial charge in [-0.1, -0.05) is 18.2 Å². The Kier molecular flexibility index (Phi) is 10.3. The number of carbonyl (C=O) groups is 2. The molecule has 0 bridgehead atoms. The fourth-order valence-corrected chi connectivity index (χ4v) is 6.11. The van der Waals surface area contributed by atoms with Crippen molar-refractivity contribution < 1.29 is 37.3 Å². The number of aromatic nitrogens is 2. The first-order valence-corrected chi connectivity index (χ1v) is 16.1. The molecule has 46 heavy (non-hydrogen) atoms. The van der Waals surface area contributed by atoms with Gasteiger partial charge in [-0.3, -0.25) is 9.69 Å². The number of carbonyl (C=O) groups excluding carboxylic acids is 1. The zero-order valence-corrected chi connectivity index (χ0v) is 26.2. The molecular formula is C32H35N5O8S. The van der Waals surface area contributed by atoms with Crippen LogP contribution in [0.3, 0.4) is 0 Å². The Morgan fingerprint density at radius 3 is 2.41 bits per heavy atom. The van der Waals surface area contributed by atoms with Gasteiger partial charge in [0, 0.05) is 36.4 Å². The first-order chi connectivity index (χ1) is 22.2. The van der Waals surface area contributed by atoms with E-state index < -0.39 is 21.9 Å². The highest BCUT2D eigenvalue weighted by atomic mass is 32.2. The molecule has 1 saturated heterocycles. The lowest BCUT2D eigenvalue weighted by Gasteiger charge is -2.26. The zero-order valence-electron chi connectivity index (χ0n) is 25.4. The van der Waals surface area contributed by atoms with Crippen LogP contribution < -0.4 is 19.5 Å². The molecule has 1 aliphatic heterocycles. The van der Waals surface area contributed by atoms with E-state index in [0.29, 0.717) is 43.2 Å². The van der Waals surface area contributed by atoms with Gasteiger partial charge in [-0.2, -0.15) is 9.78 Å². The molecule has 2 heterocycles. The molecule has 0 radical (unpaired) electrons. The van der Waals surface area contributed by atoms with Gasteiger partial charge < -0.3 is 24.6 Å². The smallest absolute Gasteiger partial charge is 0.356 e. The molecule has 14 heteroatoms. The number of hydrogen-bond acceptors (Lipinski definition) is 9. The van der Waals surface area contributed by atoms with E-state index in [2.05, 4.69) is 20.0 Å². The Morgan fingerprint density at radius 2 is 1.74 bits per heavy atom. The summed E-state index contributed by atoms with van der Waals surface area (Å²) in [4.78, 5) is 26.9. The van der Waals surface area contributed by atoms with Gasteiger partial charge in [0.2, 0.25) is 15.9 Å². The van der Waals surface area contributed by atoms with E-state index in [4.69, 9.17) is 14.2 Å². The van der Waals surface area contributed by atoms with Gasteiger partial charge in [0.1, 0.15) is 16.4 Å². The predicted octanol–water partition coefficient (Wildman–Crippen LogP) is 3.93. The summed E-state index contributed by atoms with van der Waals surface area (Å²) in [5.41, 5.74) is 1.03. The number of anilines is 1. The molecular weight excluding hydrogens is 614 g/mol. The van der Waals surface area contributed by atoms with Gasteiger partial charge >= 0.3 is 5.97 Å². The number of carboxylic acids is 1. The van der Waals surface area contributed by atoms with Gasteiger partial charge in [-0.15, -0.1) is 0 Å². The summed E-state index contributed by atoms with van der Waals surface area (Å²) >= 11 is 0. The Morgan fingerprint density at radius 1 is 1.02 bits per heavy atom. The van der Waals surface area contributed by atoms with Crippen LogP contribution in [0.5, 0.6) is 17.4 Å². The largest absolute Gasteiger partial charge is 0.497 e. The van der Waals surface area contributed by atoms with Crippen molar-refractivity contribution in [3.63, 3.8) is 0 Å². The molecule has 3 aromatic carbocycles. The summed E-state index contributed by atoms with van der Waals surface area (Å²) in [6.07, 6.45) is 0.561.